The quantitative estimate of drug-likeness (QED) is 0.702. The fraction of sp³-hybridized carbons (Fsp3) is 0.889. The molecule has 1 amide bonds. The van der Waals surface area contributed by atoms with Gasteiger partial charge in [-0.1, -0.05) is 0 Å². The average Bonchev–Trinajstić information content (AvgIpc) is 2.48. The van der Waals surface area contributed by atoms with Crippen molar-refractivity contribution in [3.63, 3.8) is 0 Å². The minimum atomic E-state index is -2.28. The molecular formula is C9H14F2N2O. The first-order valence-corrected chi connectivity index (χ1v) is 4.96. The van der Waals surface area contributed by atoms with Gasteiger partial charge in [-0.05, 0) is 6.42 Å². The maximum atomic E-state index is 12.3. The van der Waals surface area contributed by atoms with Gasteiger partial charge in [0.25, 0.3) is 0 Å². The molecule has 0 radical (unpaired) electrons. The summed E-state index contributed by atoms with van der Waals surface area (Å²) in [4.78, 5) is 13.2. The normalized spacial score (nSPS) is 28.2. The first-order valence-electron chi connectivity index (χ1n) is 4.96. The predicted molar refractivity (Wildman–Crippen MR) is 47.1 cm³/mol. The summed E-state index contributed by atoms with van der Waals surface area (Å²) >= 11 is 0. The summed E-state index contributed by atoms with van der Waals surface area (Å²) in [6, 6.07) is 0. The third-order valence-corrected chi connectivity index (χ3v) is 3.02. The molecule has 0 saturated carbocycles. The minimum absolute atomic E-state index is 0.0337. The second kappa shape index (κ2) is 3.81. The zero-order valence-corrected chi connectivity index (χ0v) is 7.88. The molecule has 2 saturated heterocycles. The third-order valence-electron chi connectivity index (χ3n) is 3.02. The third kappa shape index (κ3) is 1.73. The fourth-order valence-corrected chi connectivity index (χ4v) is 1.91. The van der Waals surface area contributed by atoms with Gasteiger partial charge in [-0.3, -0.25) is 4.79 Å². The summed E-state index contributed by atoms with van der Waals surface area (Å²) in [7, 11) is 0. The topological polar surface area (TPSA) is 32.3 Å². The molecule has 0 aromatic carbocycles. The van der Waals surface area contributed by atoms with Gasteiger partial charge in [-0.25, -0.2) is 8.78 Å². The van der Waals surface area contributed by atoms with Crippen LogP contribution in [0.1, 0.15) is 6.42 Å². The fourth-order valence-electron chi connectivity index (χ4n) is 1.91. The molecule has 1 unspecified atom stereocenters. The number of amides is 1. The zero-order chi connectivity index (χ0) is 10.1. The first-order chi connectivity index (χ1) is 6.68. The number of halogens is 2. The molecule has 80 valence electrons. The van der Waals surface area contributed by atoms with Crippen molar-refractivity contribution >= 4 is 5.91 Å². The lowest BCUT2D eigenvalue weighted by Gasteiger charge is -2.30. The molecule has 2 aliphatic rings. The summed E-state index contributed by atoms with van der Waals surface area (Å²) in [5, 5.41) is 3.00. The van der Waals surface area contributed by atoms with Crippen LogP contribution in [0, 0.1) is 11.8 Å². The molecule has 2 rings (SSSR count). The Hall–Kier alpha value is -0.710. The summed E-state index contributed by atoms with van der Waals surface area (Å²) in [5.74, 6) is -0.523. The number of carbonyl (C=O) groups excluding carboxylic acids is 1. The van der Waals surface area contributed by atoms with E-state index >= 15 is 0 Å². The molecule has 0 aliphatic carbocycles. The van der Waals surface area contributed by atoms with Crippen LogP contribution < -0.4 is 5.32 Å². The lowest BCUT2D eigenvalue weighted by atomic mass is 10.0. The predicted octanol–water partition coefficient (Wildman–Crippen LogP) is 0.319. The molecule has 1 N–H and O–H groups in total. The summed E-state index contributed by atoms with van der Waals surface area (Å²) < 4.78 is 24.6. The van der Waals surface area contributed by atoms with E-state index in [4.69, 9.17) is 0 Å². The first kappa shape index (κ1) is 9.83. The van der Waals surface area contributed by atoms with Crippen LogP contribution in [-0.2, 0) is 4.79 Å². The second-order valence-corrected chi connectivity index (χ2v) is 4.02. The highest BCUT2D eigenvalue weighted by Gasteiger charge is 2.36. The van der Waals surface area contributed by atoms with E-state index in [1.165, 1.54) is 0 Å². The smallest absolute Gasteiger partial charge is 0.243 e. The highest BCUT2D eigenvalue weighted by Crippen LogP contribution is 2.24. The summed E-state index contributed by atoms with van der Waals surface area (Å²) in [5.41, 5.74) is 0. The number of nitrogens with zero attached hydrogens (tertiary/aromatic N) is 1. The van der Waals surface area contributed by atoms with Gasteiger partial charge in [0.2, 0.25) is 12.3 Å². The number of carbonyl (C=O) groups is 1. The van der Waals surface area contributed by atoms with Gasteiger partial charge in [0.1, 0.15) is 0 Å². The number of likely N-dealkylation sites (tertiary alicyclic amines) is 1. The molecular weight excluding hydrogens is 190 g/mol. The van der Waals surface area contributed by atoms with Crippen LogP contribution in [0.15, 0.2) is 0 Å². The lowest BCUT2D eigenvalue weighted by molar-refractivity contribution is -0.136. The molecule has 0 aromatic rings. The van der Waals surface area contributed by atoms with E-state index in [1.54, 1.807) is 4.90 Å². The molecule has 0 bridgehead atoms. The molecule has 2 aliphatic heterocycles. The van der Waals surface area contributed by atoms with Gasteiger partial charge in [0.05, 0.1) is 5.92 Å². The van der Waals surface area contributed by atoms with Crippen molar-refractivity contribution in [2.45, 2.75) is 12.8 Å². The number of hydrogen-bond donors (Lipinski definition) is 1. The van der Waals surface area contributed by atoms with Crippen LogP contribution in [-0.4, -0.2) is 43.4 Å². The number of hydrogen-bond acceptors (Lipinski definition) is 2. The monoisotopic (exact) mass is 204 g/mol. The maximum absolute atomic E-state index is 12.3. The Morgan fingerprint density at radius 2 is 2.14 bits per heavy atom. The molecule has 0 aromatic heterocycles. The Bertz CT molecular complexity index is 231. The highest BCUT2D eigenvalue weighted by atomic mass is 19.3. The standard InChI is InChI=1S/C9H14F2N2O/c10-8(11)6-1-2-13(5-6)9(14)7-3-12-4-7/h6-8,12H,1-5H2. The molecule has 1 atom stereocenters. The van der Waals surface area contributed by atoms with Crippen LogP contribution >= 0.6 is 0 Å². The van der Waals surface area contributed by atoms with E-state index in [1.807, 2.05) is 0 Å². The molecule has 0 spiro atoms. The Morgan fingerprint density at radius 3 is 2.57 bits per heavy atom. The average molecular weight is 204 g/mol. The van der Waals surface area contributed by atoms with Crippen LogP contribution in [0.25, 0.3) is 0 Å². The highest BCUT2D eigenvalue weighted by molar-refractivity contribution is 5.80. The van der Waals surface area contributed by atoms with Crippen LogP contribution in [0.2, 0.25) is 0 Å². The van der Waals surface area contributed by atoms with Gasteiger partial charge >= 0.3 is 0 Å². The van der Waals surface area contributed by atoms with Crippen LogP contribution in [0.5, 0.6) is 0 Å². The van der Waals surface area contributed by atoms with E-state index in [-0.39, 0.29) is 18.4 Å². The van der Waals surface area contributed by atoms with E-state index in [9.17, 15) is 13.6 Å². The van der Waals surface area contributed by atoms with Crippen molar-refractivity contribution in [3.05, 3.63) is 0 Å². The number of alkyl halides is 2. The maximum Gasteiger partial charge on any atom is 0.243 e. The van der Waals surface area contributed by atoms with Crippen molar-refractivity contribution in [2.75, 3.05) is 26.2 Å². The molecule has 14 heavy (non-hydrogen) atoms. The Labute approximate surface area is 81.4 Å². The Kier molecular flexibility index (Phi) is 2.67. The van der Waals surface area contributed by atoms with Crippen molar-refractivity contribution in [1.82, 2.24) is 10.2 Å². The van der Waals surface area contributed by atoms with Crippen molar-refractivity contribution in [1.29, 1.82) is 0 Å². The van der Waals surface area contributed by atoms with Gasteiger partial charge < -0.3 is 10.2 Å². The van der Waals surface area contributed by atoms with Gasteiger partial charge in [0.15, 0.2) is 0 Å². The summed E-state index contributed by atoms with van der Waals surface area (Å²) in [6.07, 6.45) is -1.84. The summed E-state index contributed by atoms with van der Waals surface area (Å²) in [6.45, 7) is 2.15. The lowest BCUT2D eigenvalue weighted by Crippen LogP contribution is -2.51. The van der Waals surface area contributed by atoms with Crippen LogP contribution in [0.3, 0.4) is 0 Å². The van der Waals surface area contributed by atoms with Gasteiger partial charge in [0, 0.05) is 32.1 Å². The zero-order valence-electron chi connectivity index (χ0n) is 7.88. The molecule has 3 nitrogen and oxygen atoms in total. The number of rotatable bonds is 2. The van der Waals surface area contributed by atoms with Gasteiger partial charge in [-0.15, -0.1) is 0 Å². The van der Waals surface area contributed by atoms with Crippen LogP contribution in [0.4, 0.5) is 8.78 Å². The minimum Gasteiger partial charge on any atom is -0.342 e. The second-order valence-electron chi connectivity index (χ2n) is 4.02. The van der Waals surface area contributed by atoms with E-state index in [0.717, 1.165) is 0 Å². The molecule has 5 heteroatoms. The number of nitrogens with one attached hydrogen (secondary N) is 1. The van der Waals surface area contributed by atoms with E-state index < -0.39 is 12.3 Å². The largest absolute Gasteiger partial charge is 0.342 e. The van der Waals surface area contributed by atoms with E-state index in [2.05, 4.69) is 5.32 Å². The Morgan fingerprint density at radius 1 is 1.43 bits per heavy atom. The van der Waals surface area contributed by atoms with Crippen molar-refractivity contribution in [3.8, 4) is 0 Å². The van der Waals surface area contributed by atoms with E-state index in [0.29, 0.717) is 26.1 Å². The molecule has 2 fully saturated rings. The SMILES string of the molecule is O=C(C1CNC1)N1CCC(C(F)F)C1. The van der Waals surface area contributed by atoms with Gasteiger partial charge in [-0.2, -0.15) is 0 Å². The molecule has 2 heterocycles. The van der Waals surface area contributed by atoms with Crippen molar-refractivity contribution < 1.29 is 13.6 Å². The Balaban J connectivity index is 1.85. The van der Waals surface area contributed by atoms with Crippen molar-refractivity contribution in [2.24, 2.45) is 11.8 Å².